The van der Waals surface area contributed by atoms with Crippen LogP contribution < -0.4 is 0 Å². The minimum atomic E-state index is -1.01. The van der Waals surface area contributed by atoms with Gasteiger partial charge in [-0.05, 0) is 54.1 Å². The van der Waals surface area contributed by atoms with Crippen LogP contribution in [0.3, 0.4) is 0 Å². The third-order valence-electron chi connectivity index (χ3n) is 2.83. The van der Waals surface area contributed by atoms with E-state index in [9.17, 15) is 4.79 Å². The van der Waals surface area contributed by atoms with Crippen LogP contribution in [-0.4, -0.2) is 20.9 Å². The number of aliphatic carboxylic acids is 1. The Bertz CT molecular complexity index is 707. The summed E-state index contributed by atoms with van der Waals surface area (Å²) in [7, 11) is 0. The van der Waals surface area contributed by atoms with Gasteiger partial charge in [-0.3, -0.25) is 0 Å². The number of rotatable bonds is 3. The van der Waals surface area contributed by atoms with E-state index in [1.807, 2.05) is 19.9 Å². The van der Waals surface area contributed by atoms with Crippen molar-refractivity contribution in [2.75, 3.05) is 0 Å². The molecule has 0 saturated heterocycles. The van der Waals surface area contributed by atoms with Crippen molar-refractivity contribution in [3.8, 4) is 5.69 Å². The van der Waals surface area contributed by atoms with Gasteiger partial charge in [0.1, 0.15) is 0 Å². The summed E-state index contributed by atoms with van der Waals surface area (Å²) in [6, 6.07) is 5.27. The Morgan fingerprint density at radius 1 is 1.45 bits per heavy atom. The number of carboxylic acid groups (broad SMARTS) is 1. The predicted octanol–water partition coefficient (Wildman–Crippen LogP) is 4.00. The molecule has 2 aromatic rings. The number of hydrogen-bond acceptors (Lipinski definition) is 2. The van der Waals surface area contributed by atoms with Crippen molar-refractivity contribution in [2.45, 2.75) is 13.8 Å². The summed E-state index contributed by atoms with van der Waals surface area (Å²) in [4.78, 5) is 10.7. The number of halogens is 2. The lowest BCUT2D eigenvalue weighted by Gasteiger charge is -2.09. The number of carboxylic acids is 1. The minimum absolute atomic E-state index is 0.541. The standard InChI is InChI=1S/C14H12BrClN2O2/c1-8-14(15)9(2)18(17-8)12-5-4-11(16)7-10(12)3-6-13(19)20/h3-7H,1-2H3,(H,19,20)/b6-3+. The van der Waals surface area contributed by atoms with E-state index in [4.69, 9.17) is 16.7 Å². The second kappa shape index (κ2) is 5.81. The molecule has 0 saturated carbocycles. The molecule has 1 heterocycles. The molecule has 0 spiro atoms. The Morgan fingerprint density at radius 2 is 2.15 bits per heavy atom. The Morgan fingerprint density at radius 3 is 2.70 bits per heavy atom. The van der Waals surface area contributed by atoms with Crippen molar-refractivity contribution in [1.82, 2.24) is 9.78 Å². The fourth-order valence-electron chi connectivity index (χ4n) is 1.87. The summed E-state index contributed by atoms with van der Waals surface area (Å²) in [5.74, 6) is -1.01. The lowest BCUT2D eigenvalue weighted by Crippen LogP contribution is -2.01. The van der Waals surface area contributed by atoms with Gasteiger partial charge in [-0.15, -0.1) is 0 Å². The Hall–Kier alpha value is -1.59. The SMILES string of the molecule is Cc1nn(-c2ccc(Cl)cc2/C=C/C(=O)O)c(C)c1Br. The van der Waals surface area contributed by atoms with E-state index in [0.717, 1.165) is 27.6 Å². The number of benzene rings is 1. The van der Waals surface area contributed by atoms with Gasteiger partial charge in [-0.2, -0.15) is 5.10 Å². The molecule has 2 rings (SSSR count). The summed E-state index contributed by atoms with van der Waals surface area (Å²) < 4.78 is 2.69. The van der Waals surface area contributed by atoms with Gasteiger partial charge in [-0.25, -0.2) is 9.48 Å². The highest BCUT2D eigenvalue weighted by Crippen LogP contribution is 2.27. The summed E-state index contributed by atoms with van der Waals surface area (Å²) >= 11 is 9.45. The van der Waals surface area contributed by atoms with Crippen molar-refractivity contribution in [1.29, 1.82) is 0 Å². The van der Waals surface area contributed by atoms with E-state index in [1.54, 1.807) is 16.8 Å². The first kappa shape index (κ1) is 14.8. The molecule has 0 aliphatic carbocycles. The molecule has 6 heteroatoms. The molecule has 0 amide bonds. The maximum Gasteiger partial charge on any atom is 0.328 e. The van der Waals surface area contributed by atoms with E-state index in [2.05, 4.69) is 21.0 Å². The van der Waals surface area contributed by atoms with Crippen molar-refractivity contribution in [3.05, 3.63) is 50.7 Å². The zero-order valence-electron chi connectivity index (χ0n) is 10.9. The largest absolute Gasteiger partial charge is 0.478 e. The highest BCUT2D eigenvalue weighted by molar-refractivity contribution is 9.10. The molecule has 0 atom stereocenters. The second-order valence-corrected chi connectivity index (χ2v) is 5.50. The Labute approximate surface area is 129 Å². The molecular formula is C14H12BrClN2O2. The van der Waals surface area contributed by atoms with Gasteiger partial charge in [0, 0.05) is 16.7 Å². The van der Waals surface area contributed by atoms with Crippen LogP contribution in [-0.2, 0) is 4.79 Å². The van der Waals surface area contributed by atoms with Crippen LogP contribution in [0.1, 0.15) is 17.0 Å². The lowest BCUT2D eigenvalue weighted by atomic mass is 10.1. The van der Waals surface area contributed by atoms with Crippen LogP contribution in [0.5, 0.6) is 0 Å². The molecule has 1 aromatic heterocycles. The van der Waals surface area contributed by atoms with Crippen LogP contribution in [0.2, 0.25) is 5.02 Å². The van der Waals surface area contributed by atoms with Gasteiger partial charge in [0.25, 0.3) is 0 Å². The quantitative estimate of drug-likeness (QED) is 0.847. The van der Waals surface area contributed by atoms with Crippen molar-refractivity contribution in [3.63, 3.8) is 0 Å². The third kappa shape index (κ3) is 2.94. The van der Waals surface area contributed by atoms with Crippen LogP contribution in [0, 0.1) is 13.8 Å². The molecule has 0 bridgehead atoms. The first-order valence-electron chi connectivity index (χ1n) is 5.83. The average Bonchev–Trinajstić information content (AvgIpc) is 2.64. The van der Waals surface area contributed by atoms with Gasteiger partial charge < -0.3 is 5.11 Å². The fraction of sp³-hybridized carbons (Fsp3) is 0.143. The molecule has 0 fully saturated rings. The van der Waals surface area contributed by atoms with Gasteiger partial charge in [0.15, 0.2) is 0 Å². The minimum Gasteiger partial charge on any atom is -0.478 e. The number of hydrogen-bond donors (Lipinski definition) is 1. The Kier molecular flexibility index (Phi) is 4.30. The molecule has 104 valence electrons. The summed E-state index contributed by atoms with van der Waals surface area (Å²) in [5, 5.41) is 13.7. The van der Waals surface area contributed by atoms with Gasteiger partial charge in [0.05, 0.1) is 21.5 Å². The van der Waals surface area contributed by atoms with E-state index < -0.39 is 5.97 Å². The lowest BCUT2D eigenvalue weighted by molar-refractivity contribution is -0.131. The van der Waals surface area contributed by atoms with Gasteiger partial charge >= 0.3 is 5.97 Å². The zero-order valence-corrected chi connectivity index (χ0v) is 13.2. The van der Waals surface area contributed by atoms with E-state index >= 15 is 0 Å². The first-order chi connectivity index (χ1) is 9.40. The number of carbonyl (C=O) groups is 1. The third-order valence-corrected chi connectivity index (χ3v) is 4.21. The Balaban J connectivity index is 2.61. The molecule has 1 aromatic carbocycles. The molecule has 0 aliphatic heterocycles. The summed E-state index contributed by atoms with van der Waals surface area (Å²) in [6.07, 6.45) is 2.59. The van der Waals surface area contributed by atoms with Crippen molar-refractivity contribution in [2.24, 2.45) is 0 Å². The maximum atomic E-state index is 10.7. The fourth-order valence-corrected chi connectivity index (χ4v) is 2.30. The predicted molar refractivity (Wildman–Crippen MR) is 82.4 cm³/mol. The molecule has 20 heavy (non-hydrogen) atoms. The maximum absolute atomic E-state index is 10.7. The van der Waals surface area contributed by atoms with Crippen LogP contribution in [0.15, 0.2) is 28.7 Å². The molecule has 0 radical (unpaired) electrons. The molecular weight excluding hydrogens is 344 g/mol. The number of aromatic nitrogens is 2. The van der Waals surface area contributed by atoms with Gasteiger partial charge in [-0.1, -0.05) is 11.6 Å². The van der Waals surface area contributed by atoms with Crippen molar-refractivity contribution < 1.29 is 9.90 Å². The highest BCUT2D eigenvalue weighted by Gasteiger charge is 2.12. The monoisotopic (exact) mass is 354 g/mol. The van der Waals surface area contributed by atoms with Gasteiger partial charge in [0.2, 0.25) is 0 Å². The van der Waals surface area contributed by atoms with Crippen LogP contribution >= 0.6 is 27.5 Å². The van der Waals surface area contributed by atoms with Crippen LogP contribution in [0.4, 0.5) is 0 Å². The second-order valence-electron chi connectivity index (χ2n) is 4.27. The zero-order chi connectivity index (χ0) is 14.9. The summed E-state index contributed by atoms with van der Waals surface area (Å²) in [6.45, 7) is 3.83. The van der Waals surface area contributed by atoms with Crippen molar-refractivity contribution >= 4 is 39.6 Å². The average molecular weight is 356 g/mol. The normalized spacial score (nSPS) is 11.2. The topological polar surface area (TPSA) is 55.1 Å². The van der Waals surface area contributed by atoms with E-state index in [1.165, 1.54) is 6.08 Å². The highest BCUT2D eigenvalue weighted by atomic mass is 79.9. The number of aryl methyl sites for hydroxylation is 1. The summed E-state index contributed by atoms with van der Waals surface area (Å²) in [5.41, 5.74) is 3.27. The smallest absolute Gasteiger partial charge is 0.328 e. The van der Waals surface area contributed by atoms with Crippen LogP contribution in [0.25, 0.3) is 11.8 Å². The van der Waals surface area contributed by atoms with E-state index in [-0.39, 0.29) is 0 Å². The number of nitrogens with zero attached hydrogens (tertiary/aromatic N) is 2. The molecule has 0 aliphatic rings. The molecule has 0 unspecified atom stereocenters. The first-order valence-corrected chi connectivity index (χ1v) is 7.00. The van der Waals surface area contributed by atoms with E-state index in [0.29, 0.717) is 10.6 Å². The molecule has 1 N–H and O–H groups in total. The molecule has 4 nitrogen and oxygen atoms in total.